The highest BCUT2D eigenvalue weighted by Gasteiger charge is 2.15. The van der Waals surface area contributed by atoms with Crippen LogP contribution in [0.3, 0.4) is 0 Å². The second-order valence-corrected chi connectivity index (χ2v) is 8.49. The number of anilines is 1. The van der Waals surface area contributed by atoms with Crippen LogP contribution in [-0.4, -0.2) is 28.9 Å². The predicted molar refractivity (Wildman–Crippen MR) is 107 cm³/mol. The molecule has 3 rings (SSSR count). The van der Waals surface area contributed by atoms with Crippen molar-refractivity contribution in [1.29, 1.82) is 0 Å². The third kappa shape index (κ3) is 4.17. The van der Waals surface area contributed by atoms with Crippen molar-refractivity contribution in [2.24, 2.45) is 0 Å². The number of ether oxygens (including phenoxy) is 2. The third-order valence-electron chi connectivity index (χ3n) is 3.77. The van der Waals surface area contributed by atoms with Gasteiger partial charge in [0, 0.05) is 10.4 Å². The summed E-state index contributed by atoms with van der Waals surface area (Å²) in [6.07, 6.45) is 1.15. The smallest absolute Gasteiger partial charge is 0.230 e. The van der Waals surface area contributed by atoms with E-state index >= 15 is 0 Å². The fourth-order valence-corrected chi connectivity index (χ4v) is 4.55. The summed E-state index contributed by atoms with van der Waals surface area (Å²) in [4.78, 5) is 0.976. The minimum absolute atomic E-state index is 0.573. The molecule has 0 bridgehead atoms. The van der Waals surface area contributed by atoms with Crippen molar-refractivity contribution in [2.45, 2.75) is 0 Å². The van der Waals surface area contributed by atoms with E-state index in [1.165, 1.54) is 11.3 Å². The van der Waals surface area contributed by atoms with Crippen LogP contribution in [0, 0.1) is 0 Å². The molecule has 0 unspecified atom stereocenters. The molecule has 0 aliphatic carbocycles. The minimum Gasteiger partial charge on any atom is -0.497 e. The van der Waals surface area contributed by atoms with Crippen LogP contribution in [0.5, 0.6) is 11.5 Å². The van der Waals surface area contributed by atoms with Gasteiger partial charge in [-0.3, -0.25) is 4.72 Å². The molecule has 0 spiro atoms. The van der Waals surface area contributed by atoms with E-state index < -0.39 is 10.0 Å². The van der Waals surface area contributed by atoms with E-state index in [0.717, 1.165) is 39.3 Å². The van der Waals surface area contributed by atoms with Crippen LogP contribution in [0.25, 0.3) is 21.6 Å². The van der Waals surface area contributed by atoms with E-state index in [-0.39, 0.29) is 0 Å². The number of benzene rings is 2. The molecule has 26 heavy (non-hydrogen) atoms. The summed E-state index contributed by atoms with van der Waals surface area (Å²) >= 11 is 1.40. The van der Waals surface area contributed by atoms with Crippen molar-refractivity contribution >= 4 is 26.4 Å². The highest BCUT2D eigenvalue weighted by Crippen LogP contribution is 2.42. The van der Waals surface area contributed by atoms with Crippen molar-refractivity contribution in [2.75, 3.05) is 25.2 Å². The lowest BCUT2D eigenvalue weighted by Gasteiger charge is -2.06. The summed E-state index contributed by atoms with van der Waals surface area (Å²) in [7, 11) is -0.102. The largest absolute Gasteiger partial charge is 0.497 e. The van der Waals surface area contributed by atoms with E-state index in [2.05, 4.69) is 4.72 Å². The van der Waals surface area contributed by atoms with Gasteiger partial charge in [-0.25, -0.2) is 8.42 Å². The predicted octanol–water partition coefficient (Wildman–Crippen LogP) is 4.47. The Hall–Kier alpha value is -2.51. The summed E-state index contributed by atoms with van der Waals surface area (Å²) in [6, 6.07) is 17.2. The molecule has 7 heteroatoms. The SMILES string of the molecule is COc1ccc(-c2cc(NS(C)(=O)=O)sc2-c2ccc(OC)cc2)cc1. The van der Waals surface area contributed by atoms with Crippen molar-refractivity contribution in [3.05, 3.63) is 54.6 Å². The molecule has 3 aromatic rings. The average Bonchev–Trinajstić information content (AvgIpc) is 3.03. The molecule has 0 atom stereocenters. The van der Waals surface area contributed by atoms with Crippen LogP contribution in [-0.2, 0) is 10.0 Å². The second kappa shape index (κ2) is 7.39. The quantitative estimate of drug-likeness (QED) is 0.675. The van der Waals surface area contributed by atoms with Crippen molar-refractivity contribution < 1.29 is 17.9 Å². The lowest BCUT2D eigenvalue weighted by molar-refractivity contribution is 0.414. The van der Waals surface area contributed by atoms with Crippen LogP contribution in [0.1, 0.15) is 0 Å². The zero-order valence-electron chi connectivity index (χ0n) is 14.6. The summed E-state index contributed by atoms with van der Waals surface area (Å²) in [5.74, 6) is 1.54. The maximum Gasteiger partial charge on any atom is 0.230 e. The molecule has 0 saturated carbocycles. The lowest BCUT2D eigenvalue weighted by atomic mass is 10.0. The maximum absolute atomic E-state index is 11.6. The van der Waals surface area contributed by atoms with E-state index in [9.17, 15) is 8.42 Å². The molecule has 1 aromatic heterocycles. The normalized spacial score (nSPS) is 11.2. The van der Waals surface area contributed by atoms with Crippen molar-refractivity contribution in [1.82, 2.24) is 0 Å². The fraction of sp³-hybridized carbons (Fsp3) is 0.158. The molecule has 1 heterocycles. The van der Waals surface area contributed by atoms with E-state index in [1.54, 1.807) is 14.2 Å². The van der Waals surface area contributed by atoms with Gasteiger partial charge in [0.2, 0.25) is 10.0 Å². The first-order valence-corrected chi connectivity index (χ1v) is 10.5. The monoisotopic (exact) mass is 389 g/mol. The highest BCUT2D eigenvalue weighted by atomic mass is 32.2. The standard InChI is InChI=1S/C19H19NO4S2/c1-23-15-8-4-13(5-9-15)17-12-18(20-26(3,21)22)25-19(17)14-6-10-16(24-2)11-7-14/h4-12,20H,1-3H3. The Bertz CT molecular complexity index is 926. The van der Waals surface area contributed by atoms with Gasteiger partial charge in [0.05, 0.1) is 20.5 Å². The number of hydrogen-bond acceptors (Lipinski definition) is 5. The van der Waals surface area contributed by atoms with E-state index in [1.807, 2.05) is 54.6 Å². The van der Waals surface area contributed by atoms with Gasteiger partial charge < -0.3 is 9.47 Å². The second-order valence-electron chi connectivity index (χ2n) is 5.68. The first-order valence-electron chi connectivity index (χ1n) is 7.80. The highest BCUT2D eigenvalue weighted by molar-refractivity contribution is 7.92. The third-order valence-corrected chi connectivity index (χ3v) is 5.59. The number of hydrogen-bond donors (Lipinski definition) is 1. The molecule has 0 saturated heterocycles. The van der Waals surface area contributed by atoms with Gasteiger partial charge in [-0.1, -0.05) is 12.1 Å². The van der Waals surface area contributed by atoms with Crippen LogP contribution >= 0.6 is 11.3 Å². The van der Waals surface area contributed by atoms with Gasteiger partial charge in [-0.2, -0.15) is 0 Å². The summed E-state index contributed by atoms with van der Waals surface area (Å²) < 4.78 is 36.2. The molecule has 2 aromatic carbocycles. The molecular weight excluding hydrogens is 370 g/mol. The topological polar surface area (TPSA) is 64.6 Å². The lowest BCUT2D eigenvalue weighted by Crippen LogP contribution is -2.07. The van der Waals surface area contributed by atoms with Crippen LogP contribution in [0.4, 0.5) is 5.00 Å². The van der Waals surface area contributed by atoms with Crippen LogP contribution in [0.2, 0.25) is 0 Å². The van der Waals surface area contributed by atoms with Crippen LogP contribution in [0.15, 0.2) is 54.6 Å². The molecular formula is C19H19NO4S2. The van der Waals surface area contributed by atoms with Gasteiger partial charge in [0.15, 0.2) is 0 Å². The Morgan fingerprint density at radius 3 is 1.81 bits per heavy atom. The van der Waals surface area contributed by atoms with Gasteiger partial charge in [-0.05, 0) is 53.6 Å². The number of thiophene rings is 1. The average molecular weight is 389 g/mol. The molecule has 1 N–H and O–H groups in total. The first-order chi connectivity index (χ1) is 12.4. The Morgan fingerprint density at radius 2 is 1.35 bits per heavy atom. The summed E-state index contributed by atoms with van der Waals surface area (Å²) in [5.41, 5.74) is 2.92. The van der Waals surface area contributed by atoms with Gasteiger partial charge in [-0.15, -0.1) is 11.3 Å². The van der Waals surface area contributed by atoms with Crippen LogP contribution < -0.4 is 14.2 Å². The fourth-order valence-electron chi connectivity index (χ4n) is 2.57. The van der Waals surface area contributed by atoms with Gasteiger partial charge in [0.1, 0.15) is 16.5 Å². The Kier molecular flexibility index (Phi) is 5.20. The van der Waals surface area contributed by atoms with Crippen molar-refractivity contribution in [3.8, 4) is 33.1 Å². The Morgan fingerprint density at radius 1 is 0.846 bits per heavy atom. The molecule has 136 valence electrons. The van der Waals surface area contributed by atoms with Gasteiger partial charge >= 0.3 is 0 Å². The molecule has 0 radical (unpaired) electrons. The zero-order chi connectivity index (χ0) is 18.7. The zero-order valence-corrected chi connectivity index (χ0v) is 16.3. The van der Waals surface area contributed by atoms with Gasteiger partial charge in [0.25, 0.3) is 0 Å². The van der Waals surface area contributed by atoms with Crippen molar-refractivity contribution in [3.63, 3.8) is 0 Å². The van der Waals surface area contributed by atoms with E-state index in [0.29, 0.717) is 5.00 Å². The van der Waals surface area contributed by atoms with E-state index in [4.69, 9.17) is 9.47 Å². The summed E-state index contributed by atoms with van der Waals surface area (Å²) in [5, 5.41) is 0.573. The maximum atomic E-state index is 11.6. The number of sulfonamides is 1. The number of nitrogens with one attached hydrogen (secondary N) is 1. The minimum atomic E-state index is -3.35. The molecule has 5 nitrogen and oxygen atoms in total. The number of methoxy groups -OCH3 is 2. The first kappa shape index (κ1) is 18.3. The molecule has 0 amide bonds. The molecule has 0 aliphatic rings. The number of rotatable bonds is 6. The summed E-state index contributed by atoms with van der Waals surface area (Å²) in [6.45, 7) is 0. The molecule has 0 aliphatic heterocycles. The Labute approximate surface area is 157 Å². The Balaban J connectivity index is 2.09. The molecule has 0 fully saturated rings.